The van der Waals surface area contributed by atoms with E-state index < -0.39 is 35.6 Å². The lowest BCUT2D eigenvalue weighted by Crippen LogP contribution is -2.53. The van der Waals surface area contributed by atoms with Gasteiger partial charge in [0.25, 0.3) is 5.91 Å². The molecule has 10 heteroatoms. The zero-order valence-electron chi connectivity index (χ0n) is 25.9. The Morgan fingerprint density at radius 2 is 1.55 bits per heavy atom. The maximum absolute atomic E-state index is 14.5. The minimum atomic E-state index is -1.13. The monoisotopic (exact) mass is 623 g/mol. The van der Waals surface area contributed by atoms with Gasteiger partial charge in [-0.15, -0.1) is 0 Å². The van der Waals surface area contributed by atoms with Crippen LogP contribution in [0.25, 0.3) is 0 Å². The number of phenolic OH excluding ortho intramolecular Hbond substituents is 2. The number of phenols is 2. The number of carbonyl (C=O) groups is 3. The van der Waals surface area contributed by atoms with Crippen LogP contribution in [0.2, 0.25) is 5.02 Å². The number of benzene rings is 3. The summed E-state index contributed by atoms with van der Waals surface area (Å²) in [4.78, 5) is 43.1. The highest BCUT2D eigenvalue weighted by molar-refractivity contribution is 6.34. The van der Waals surface area contributed by atoms with Crippen LogP contribution in [0.5, 0.6) is 11.5 Å². The number of unbranched alkanes of at least 4 members (excludes halogenated alkanes) is 2. The molecule has 0 aliphatic heterocycles. The zero-order chi connectivity index (χ0) is 32.4. The van der Waals surface area contributed by atoms with Crippen LogP contribution in [-0.4, -0.2) is 51.2 Å². The third-order valence-corrected chi connectivity index (χ3v) is 7.20. The molecule has 0 saturated heterocycles. The number of nitrogens with one attached hydrogen (secondary N) is 2. The largest absolute Gasteiger partial charge is 0.508 e. The summed E-state index contributed by atoms with van der Waals surface area (Å²) in [5.74, 6) is -0.922. The van der Waals surface area contributed by atoms with Gasteiger partial charge in [0, 0.05) is 13.0 Å². The van der Waals surface area contributed by atoms with Crippen molar-refractivity contribution in [1.29, 1.82) is 0 Å². The summed E-state index contributed by atoms with van der Waals surface area (Å²) in [6.07, 6.45) is 1.59. The van der Waals surface area contributed by atoms with Crippen molar-refractivity contribution in [3.05, 3.63) is 88.4 Å². The molecule has 0 bridgehead atoms. The molecule has 9 nitrogen and oxygen atoms in total. The van der Waals surface area contributed by atoms with Crippen LogP contribution >= 0.6 is 11.6 Å². The predicted molar refractivity (Wildman–Crippen MR) is 172 cm³/mol. The molecular formula is C34H42ClN3O6. The fourth-order valence-corrected chi connectivity index (χ4v) is 5.00. The van der Waals surface area contributed by atoms with Crippen LogP contribution in [0, 0.1) is 6.92 Å². The van der Waals surface area contributed by atoms with Crippen LogP contribution < -0.4 is 10.6 Å². The number of hydrogen-bond acceptors (Lipinski definition) is 6. The van der Waals surface area contributed by atoms with Crippen molar-refractivity contribution in [2.24, 2.45) is 0 Å². The lowest BCUT2D eigenvalue weighted by molar-refractivity contribution is -0.140. The van der Waals surface area contributed by atoms with Crippen molar-refractivity contribution < 1.29 is 29.3 Å². The Bertz CT molecular complexity index is 1400. The highest BCUT2D eigenvalue weighted by Crippen LogP contribution is 2.30. The Morgan fingerprint density at radius 3 is 2.11 bits per heavy atom. The van der Waals surface area contributed by atoms with E-state index in [1.54, 1.807) is 57.2 Å². The fraction of sp³-hybridized carbons (Fsp3) is 0.382. The Morgan fingerprint density at radius 1 is 0.932 bits per heavy atom. The van der Waals surface area contributed by atoms with Crippen molar-refractivity contribution in [1.82, 2.24) is 10.2 Å². The molecule has 44 heavy (non-hydrogen) atoms. The van der Waals surface area contributed by atoms with Crippen LogP contribution in [0.15, 0.2) is 66.7 Å². The second-order valence-corrected chi connectivity index (χ2v) is 12.1. The number of alkyl carbamates (subject to hydrolysis) is 1. The molecule has 2 atom stereocenters. The van der Waals surface area contributed by atoms with Gasteiger partial charge in [-0.3, -0.25) is 9.59 Å². The SMILES string of the molecule is CCCCCN(C(=O)C(Cc1ccc(O)cc1)NC(=O)OC(C)(C)C)C(C(=O)Nc1c(C)cccc1Cl)c1ccc(O)cc1. The van der Waals surface area contributed by atoms with Gasteiger partial charge in [0.2, 0.25) is 5.91 Å². The van der Waals surface area contributed by atoms with Gasteiger partial charge in [0.1, 0.15) is 29.2 Å². The molecule has 0 aliphatic rings. The second-order valence-electron chi connectivity index (χ2n) is 11.7. The number of halogens is 1. The highest BCUT2D eigenvalue weighted by Gasteiger charge is 2.36. The zero-order valence-corrected chi connectivity index (χ0v) is 26.6. The Labute approximate surface area is 264 Å². The first kappa shape index (κ1) is 34.3. The normalized spacial score (nSPS) is 12.6. The molecule has 2 unspecified atom stereocenters. The van der Waals surface area contributed by atoms with Gasteiger partial charge >= 0.3 is 6.09 Å². The summed E-state index contributed by atoms with van der Waals surface area (Å²) in [7, 11) is 0. The Balaban J connectivity index is 2.09. The average molecular weight is 624 g/mol. The molecule has 0 radical (unpaired) electrons. The molecule has 0 saturated carbocycles. The molecule has 3 aromatic rings. The Hall–Kier alpha value is -4.24. The van der Waals surface area contributed by atoms with E-state index in [9.17, 15) is 24.6 Å². The standard InChI is InChI=1S/C34H42ClN3O6/c1-6-7-8-20-38(32(42)28(36-33(43)44-34(3,4)5)21-23-12-16-25(39)17-13-23)30(24-14-18-26(40)19-15-24)31(41)37-29-22(2)10-9-11-27(29)35/h9-19,28,30,39-40H,6-8,20-21H2,1-5H3,(H,36,43)(H,37,41). The Kier molecular flexibility index (Phi) is 12.0. The lowest BCUT2D eigenvalue weighted by atomic mass is 9.99. The molecule has 0 heterocycles. The van der Waals surface area contributed by atoms with Crippen LogP contribution in [0.1, 0.15) is 69.7 Å². The maximum atomic E-state index is 14.5. The summed E-state index contributed by atoms with van der Waals surface area (Å²) in [5.41, 5.74) is 1.52. The fourth-order valence-electron chi connectivity index (χ4n) is 4.73. The molecule has 4 N–H and O–H groups in total. The third kappa shape index (κ3) is 9.91. The van der Waals surface area contributed by atoms with E-state index in [0.29, 0.717) is 28.3 Å². The maximum Gasteiger partial charge on any atom is 0.408 e. The smallest absolute Gasteiger partial charge is 0.408 e. The van der Waals surface area contributed by atoms with E-state index in [4.69, 9.17) is 16.3 Å². The molecule has 0 fully saturated rings. The van der Waals surface area contributed by atoms with Crippen molar-refractivity contribution in [3.63, 3.8) is 0 Å². The number of hydrogen-bond donors (Lipinski definition) is 4. The van der Waals surface area contributed by atoms with Crippen LogP contribution in [0.3, 0.4) is 0 Å². The van der Waals surface area contributed by atoms with Crippen molar-refractivity contribution in [2.45, 2.75) is 78.0 Å². The van der Waals surface area contributed by atoms with Crippen molar-refractivity contribution >= 4 is 35.2 Å². The second kappa shape index (κ2) is 15.5. The number of para-hydroxylation sites is 1. The van der Waals surface area contributed by atoms with E-state index in [1.807, 2.05) is 19.9 Å². The number of nitrogens with zero attached hydrogens (tertiary/aromatic N) is 1. The highest BCUT2D eigenvalue weighted by atomic mass is 35.5. The molecule has 3 aromatic carbocycles. The molecular weight excluding hydrogens is 582 g/mol. The summed E-state index contributed by atoms with van der Waals surface area (Å²) in [5, 5.41) is 25.8. The van der Waals surface area contributed by atoms with Gasteiger partial charge in [0.15, 0.2) is 0 Å². The van der Waals surface area contributed by atoms with Crippen molar-refractivity contribution in [3.8, 4) is 11.5 Å². The number of aromatic hydroxyl groups is 2. The van der Waals surface area contributed by atoms with Gasteiger partial charge in [-0.2, -0.15) is 0 Å². The van der Waals surface area contributed by atoms with Crippen LogP contribution in [-0.2, 0) is 20.7 Å². The number of amides is 3. The first-order chi connectivity index (χ1) is 20.8. The van der Waals surface area contributed by atoms with E-state index in [-0.39, 0.29) is 24.5 Å². The topological polar surface area (TPSA) is 128 Å². The number of anilines is 1. The first-order valence-corrected chi connectivity index (χ1v) is 15.1. The molecule has 0 aromatic heterocycles. The first-order valence-electron chi connectivity index (χ1n) is 14.7. The van der Waals surface area contributed by atoms with E-state index in [2.05, 4.69) is 10.6 Å². The summed E-state index contributed by atoms with van der Waals surface area (Å²) >= 11 is 6.44. The molecule has 3 rings (SSSR count). The van der Waals surface area contributed by atoms with Gasteiger partial charge in [-0.05, 0) is 81.1 Å². The van der Waals surface area contributed by atoms with E-state index in [0.717, 1.165) is 18.4 Å². The molecule has 236 valence electrons. The quantitative estimate of drug-likeness (QED) is 0.163. The minimum absolute atomic E-state index is 0.00974. The average Bonchev–Trinajstić information content (AvgIpc) is 2.95. The predicted octanol–water partition coefficient (Wildman–Crippen LogP) is 6.89. The third-order valence-electron chi connectivity index (χ3n) is 6.89. The summed E-state index contributed by atoms with van der Waals surface area (Å²) < 4.78 is 5.48. The van der Waals surface area contributed by atoms with E-state index >= 15 is 0 Å². The van der Waals surface area contributed by atoms with Gasteiger partial charge in [-0.25, -0.2) is 4.79 Å². The lowest BCUT2D eigenvalue weighted by Gasteiger charge is -2.35. The molecule has 0 spiro atoms. The van der Waals surface area contributed by atoms with Crippen LogP contribution in [0.4, 0.5) is 10.5 Å². The number of aryl methyl sites for hydroxylation is 1. The molecule has 0 aliphatic carbocycles. The molecule has 3 amide bonds. The summed E-state index contributed by atoms with van der Waals surface area (Å²) in [6.45, 7) is 9.25. The van der Waals surface area contributed by atoms with E-state index in [1.165, 1.54) is 29.2 Å². The van der Waals surface area contributed by atoms with Gasteiger partial charge < -0.3 is 30.5 Å². The number of ether oxygens (including phenoxy) is 1. The minimum Gasteiger partial charge on any atom is -0.508 e. The van der Waals surface area contributed by atoms with Gasteiger partial charge in [0.05, 0.1) is 10.7 Å². The van der Waals surface area contributed by atoms with Gasteiger partial charge in [-0.1, -0.05) is 67.8 Å². The van der Waals surface area contributed by atoms with Crippen molar-refractivity contribution in [2.75, 3.05) is 11.9 Å². The number of rotatable bonds is 12. The summed E-state index contributed by atoms with van der Waals surface area (Å²) in [6, 6.07) is 15.5. The number of carbonyl (C=O) groups excluding carboxylic acids is 3.